The number of aromatic amines is 1. The van der Waals surface area contributed by atoms with Gasteiger partial charge in [0.15, 0.2) is 5.62 Å². The molecule has 2 N–H and O–H groups in total. The van der Waals surface area contributed by atoms with Crippen LogP contribution < -0.4 is 11.0 Å². The largest absolute Gasteiger partial charge is 0.335 e. The Balaban J connectivity index is 2.61. The van der Waals surface area contributed by atoms with Gasteiger partial charge >= 0.3 is 5.69 Å². The fraction of sp³-hybridized carbons (Fsp3) is 0.333. The predicted molar refractivity (Wildman–Crippen MR) is 46.9 cm³/mol. The van der Waals surface area contributed by atoms with Crippen LogP contribution in [0.2, 0.25) is 0 Å². The molecule has 1 aromatic rings. The van der Waals surface area contributed by atoms with E-state index in [1.165, 1.54) is 4.57 Å². The SMILES string of the molecule is Cn1c2c([nH]c1=O)C=NC(Cl)N2. The van der Waals surface area contributed by atoms with E-state index in [0.29, 0.717) is 11.5 Å². The highest BCUT2D eigenvalue weighted by Crippen LogP contribution is 2.15. The lowest BCUT2D eigenvalue weighted by atomic mass is 10.4. The molecule has 0 aliphatic carbocycles. The van der Waals surface area contributed by atoms with Crippen molar-refractivity contribution < 1.29 is 0 Å². The number of anilines is 1. The van der Waals surface area contributed by atoms with E-state index in [1.54, 1.807) is 13.3 Å². The summed E-state index contributed by atoms with van der Waals surface area (Å²) < 4.78 is 1.45. The Bertz CT molecular complexity index is 391. The van der Waals surface area contributed by atoms with E-state index in [-0.39, 0.29) is 5.69 Å². The number of aromatic nitrogens is 2. The average Bonchev–Trinajstić information content (AvgIpc) is 2.31. The summed E-state index contributed by atoms with van der Waals surface area (Å²) in [7, 11) is 1.66. The molecule has 0 amide bonds. The van der Waals surface area contributed by atoms with E-state index in [9.17, 15) is 4.79 Å². The summed E-state index contributed by atoms with van der Waals surface area (Å²) >= 11 is 5.69. The molecule has 2 rings (SSSR count). The molecule has 1 aromatic heterocycles. The Labute approximate surface area is 73.1 Å². The standard InChI is InChI=1S/C6H7ClN4O/c1-11-4-3(9-6(11)12)2-8-5(7)10-4/h2,5,10H,1H3,(H,9,12). The van der Waals surface area contributed by atoms with Gasteiger partial charge in [0.25, 0.3) is 0 Å². The number of nitrogens with zero attached hydrogens (tertiary/aromatic N) is 2. The molecule has 0 bridgehead atoms. The van der Waals surface area contributed by atoms with Gasteiger partial charge in [-0.1, -0.05) is 11.6 Å². The second kappa shape index (κ2) is 2.38. The maximum absolute atomic E-state index is 11.1. The van der Waals surface area contributed by atoms with Crippen molar-refractivity contribution in [1.82, 2.24) is 9.55 Å². The van der Waals surface area contributed by atoms with Crippen LogP contribution in [0, 0.1) is 0 Å². The lowest BCUT2D eigenvalue weighted by Gasteiger charge is -2.13. The maximum Gasteiger partial charge on any atom is 0.327 e. The van der Waals surface area contributed by atoms with Crippen molar-refractivity contribution >= 4 is 23.6 Å². The van der Waals surface area contributed by atoms with E-state index in [0.717, 1.165) is 0 Å². The minimum Gasteiger partial charge on any atom is -0.335 e. The minimum absolute atomic E-state index is 0.176. The van der Waals surface area contributed by atoms with Crippen LogP contribution in [0.3, 0.4) is 0 Å². The second-order valence-electron chi connectivity index (χ2n) is 2.51. The number of halogens is 1. The molecule has 2 heterocycles. The highest BCUT2D eigenvalue weighted by molar-refractivity contribution is 6.22. The first-order valence-electron chi connectivity index (χ1n) is 3.41. The van der Waals surface area contributed by atoms with E-state index >= 15 is 0 Å². The third kappa shape index (κ3) is 0.937. The van der Waals surface area contributed by atoms with E-state index < -0.39 is 5.62 Å². The first-order chi connectivity index (χ1) is 5.68. The Morgan fingerprint density at radius 3 is 3.25 bits per heavy atom. The predicted octanol–water partition coefficient (Wildman–Crippen LogP) is 0.0802. The van der Waals surface area contributed by atoms with Crippen molar-refractivity contribution in [2.24, 2.45) is 12.0 Å². The maximum atomic E-state index is 11.1. The second-order valence-corrected chi connectivity index (χ2v) is 2.92. The van der Waals surface area contributed by atoms with Crippen LogP contribution in [0.4, 0.5) is 5.82 Å². The van der Waals surface area contributed by atoms with Crippen LogP contribution in [0.5, 0.6) is 0 Å². The van der Waals surface area contributed by atoms with Crippen LogP contribution in [0.15, 0.2) is 9.79 Å². The Kier molecular flexibility index (Phi) is 1.47. The molecule has 1 aliphatic heterocycles. The molecule has 0 fully saturated rings. The summed E-state index contributed by atoms with van der Waals surface area (Å²) in [6.07, 6.45) is 1.55. The van der Waals surface area contributed by atoms with Crippen molar-refractivity contribution in [1.29, 1.82) is 0 Å². The van der Waals surface area contributed by atoms with Crippen molar-refractivity contribution in [2.75, 3.05) is 5.32 Å². The van der Waals surface area contributed by atoms with Crippen molar-refractivity contribution in [3.8, 4) is 0 Å². The number of aliphatic imine (C=N–C) groups is 1. The Morgan fingerprint density at radius 2 is 2.50 bits per heavy atom. The van der Waals surface area contributed by atoms with Crippen molar-refractivity contribution in [3.05, 3.63) is 16.2 Å². The lowest BCUT2D eigenvalue weighted by molar-refractivity contribution is 0.851. The molecule has 1 unspecified atom stereocenters. The summed E-state index contributed by atoms with van der Waals surface area (Å²) in [5.41, 5.74) is 0.00279. The zero-order valence-electron chi connectivity index (χ0n) is 6.34. The number of nitrogens with one attached hydrogen (secondary N) is 2. The quantitative estimate of drug-likeness (QED) is 0.445. The summed E-state index contributed by atoms with van der Waals surface area (Å²) in [5, 5.41) is 2.85. The van der Waals surface area contributed by atoms with Crippen LogP contribution in [0.25, 0.3) is 0 Å². The molecule has 0 saturated heterocycles. The van der Waals surface area contributed by atoms with Gasteiger partial charge in [0.2, 0.25) is 0 Å². The van der Waals surface area contributed by atoms with Crippen molar-refractivity contribution in [3.63, 3.8) is 0 Å². The van der Waals surface area contributed by atoms with Gasteiger partial charge in [0.1, 0.15) is 11.5 Å². The fourth-order valence-electron chi connectivity index (χ4n) is 1.10. The third-order valence-electron chi connectivity index (χ3n) is 1.73. The average molecular weight is 187 g/mol. The molecular formula is C6H7ClN4O. The molecule has 0 saturated carbocycles. The first-order valence-corrected chi connectivity index (χ1v) is 3.85. The number of alkyl halides is 1. The zero-order valence-corrected chi connectivity index (χ0v) is 7.09. The topological polar surface area (TPSA) is 62.2 Å². The van der Waals surface area contributed by atoms with Gasteiger partial charge < -0.3 is 10.3 Å². The van der Waals surface area contributed by atoms with Gasteiger partial charge in [-0.25, -0.2) is 4.79 Å². The van der Waals surface area contributed by atoms with Gasteiger partial charge in [-0.15, -0.1) is 0 Å². The number of H-pyrrole nitrogens is 1. The molecule has 12 heavy (non-hydrogen) atoms. The molecular weight excluding hydrogens is 180 g/mol. The van der Waals surface area contributed by atoms with E-state index in [1.807, 2.05) is 0 Å². The van der Waals surface area contributed by atoms with E-state index in [2.05, 4.69) is 15.3 Å². The summed E-state index contributed by atoms with van der Waals surface area (Å²) in [6.45, 7) is 0. The normalized spacial score (nSPS) is 20.3. The third-order valence-corrected chi connectivity index (χ3v) is 1.95. The molecule has 0 radical (unpaired) electrons. The highest BCUT2D eigenvalue weighted by Gasteiger charge is 2.16. The number of rotatable bonds is 0. The fourth-order valence-corrected chi connectivity index (χ4v) is 1.26. The summed E-state index contributed by atoms with van der Waals surface area (Å²) in [5.74, 6) is 0.676. The molecule has 1 atom stereocenters. The van der Waals surface area contributed by atoms with Crippen LogP contribution in [-0.2, 0) is 7.05 Å². The van der Waals surface area contributed by atoms with Gasteiger partial charge in [0, 0.05) is 7.05 Å². The lowest BCUT2D eigenvalue weighted by Crippen LogP contribution is -2.19. The highest BCUT2D eigenvalue weighted by atomic mass is 35.5. The molecule has 5 nitrogen and oxygen atoms in total. The van der Waals surface area contributed by atoms with Crippen molar-refractivity contribution in [2.45, 2.75) is 5.62 Å². The zero-order chi connectivity index (χ0) is 8.72. The Hall–Kier alpha value is -1.23. The number of imidazole rings is 1. The van der Waals surface area contributed by atoms with Gasteiger partial charge in [-0.2, -0.15) is 0 Å². The first kappa shape index (κ1) is 7.42. The molecule has 0 spiro atoms. The number of hydrogen-bond acceptors (Lipinski definition) is 3. The number of fused-ring (bicyclic) bond motifs is 1. The molecule has 1 aliphatic rings. The molecule has 64 valence electrons. The summed E-state index contributed by atoms with van der Waals surface area (Å²) in [4.78, 5) is 17.6. The monoisotopic (exact) mass is 186 g/mol. The smallest absolute Gasteiger partial charge is 0.327 e. The Morgan fingerprint density at radius 1 is 1.75 bits per heavy atom. The summed E-state index contributed by atoms with van der Waals surface area (Å²) in [6, 6.07) is 0. The van der Waals surface area contributed by atoms with Gasteiger partial charge in [-0.05, 0) is 0 Å². The number of hydrogen-bond donors (Lipinski definition) is 2. The van der Waals surface area contributed by atoms with Crippen LogP contribution >= 0.6 is 11.6 Å². The van der Waals surface area contributed by atoms with Crippen LogP contribution in [0.1, 0.15) is 5.69 Å². The van der Waals surface area contributed by atoms with Gasteiger partial charge in [0.05, 0.1) is 6.21 Å². The van der Waals surface area contributed by atoms with Crippen LogP contribution in [-0.4, -0.2) is 21.4 Å². The van der Waals surface area contributed by atoms with E-state index in [4.69, 9.17) is 11.6 Å². The molecule has 6 heteroatoms. The minimum atomic E-state index is -0.487. The molecule has 0 aromatic carbocycles. The van der Waals surface area contributed by atoms with Gasteiger partial charge in [-0.3, -0.25) is 9.56 Å².